The van der Waals surface area contributed by atoms with E-state index in [4.69, 9.17) is 9.84 Å². The van der Waals surface area contributed by atoms with Crippen molar-refractivity contribution in [3.8, 4) is 0 Å². The molecule has 0 aromatic heterocycles. The van der Waals surface area contributed by atoms with E-state index in [0.717, 1.165) is 32.5 Å². The van der Waals surface area contributed by atoms with Crippen molar-refractivity contribution in [1.82, 2.24) is 0 Å². The molecule has 4 heteroatoms. The highest BCUT2D eigenvalue weighted by Crippen LogP contribution is 2.04. The summed E-state index contributed by atoms with van der Waals surface area (Å²) < 4.78 is 9.83. The maximum atomic E-state index is 10.3. The van der Waals surface area contributed by atoms with Crippen molar-refractivity contribution >= 4 is 5.97 Å². The lowest BCUT2D eigenvalue weighted by Crippen LogP contribution is -2.14. The predicted octanol–water partition coefficient (Wildman–Crippen LogP) is 4.05. The Morgan fingerprint density at radius 2 is 1.45 bits per heavy atom. The molecule has 4 nitrogen and oxygen atoms in total. The van der Waals surface area contributed by atoms with E-state index in [1.165, 1.54) is 32.6 Å². The van der Waals surface area contributed by atoms with E-state index in [0.29, 0.717) is 6.42 Å². The van der Waals surface area contributed by atoms with E-state index < -0.39 is 12.3 Å². The number of hydrogen-bond donors (Lipinski definition) is 1. The lowest BCUT2D eigenvalue weighted by molar-refractivity contribution is -0.165. The molecule has 1 unspecified atom stereocenters. The maximum Gasteiger partial charge on any atom is 0.304 e. The zero-order valence-electron chi connectivity index (χ0n) is 13.8. The van der Waals surface area contributed by atoms with Crippen molar-refractivity contribution in [2.75, 3.05) is 13.2 Å². The Kier molecular flexibility index (Phi) is 19.9. The Bertz CT molecular complexity index is 189. The summed E-state index contributed by atoms with van der Waals surface area (Å²) in [5.74, 6) is -0.422. The van der Waals surface area contributed by atoms with Crippen LogP contribution in [0.3, 0.4) is 0 Å². The van der Waals surface area contributed by atoms with Gasteiger partial charge in [-0.3, -0.25) is 4.79 Å². The van der Waals surface area contributed by atoms with Crippen LogP contribution < -0.4 is 0 Å². The average molecular weight is 290 g/mol. The fraction of sp³-hybridized carbons (Fsp3) is 0.938. The molecule has 0 heterocycles. The van der Waals surface area contributed by atoms with Gasteiger partial charge in [0.15, 0.2) is 0 Å². The number of ether oxygens (including phenoxy) is 2. The van der Waals surface area contributed by atoms with Crippen LogP contribution in [0.1, 0.15) is 79.1 Å². The number of unbranched alkanes of at least 4 members (excludes halogenated alkanes) is 4. The number of hydrogen-bond acceptors (Lipinski definition) is 4. The summed E-state index contributed by atoms with van der Waals surface area (Å²) in [5, 5.41) is 9.00. The number of rotatable bonds is 11. The molecular formula is C16H34O4. The van der Waals surface area contributed by atoms with Gasteiger partial charge in [0.25, 0.3) is 0 Å². The molecule has 0 spiro atoms. The van der Waals surface area contributed by atoms with Crippen LogP contribution in [0.4, 0.5) is 0 Å². The Balaban J connectivity index is 0. The molecule has 0 aliphatic carbocycles. The molecule has 0 aliphatic heterocycles. The second-order valence-corrected chi connectivity index (χ2v) is 4.88. The van der Waals surface area contributed by atoms with Crippen LogP contribution in [0.15, 0.2) is 0 Å². The van der Waals surface area contributed by atoms with Crippen molar-refractivity contribution < 1.29 is 19.4 Å². The molecular weight excluding hydrogens is 256 g/mol. The van der Waals surface area contributed by atoms with Crippen molar-refractivity contribution in [2.45, 2.75) is 85.4 Å². The Morgan fingerprint density at radius 1 is 0.950 bits per heavy atom. The highest BCUT2D eigenvalue weighted by molar-refractivity contribution is 5.65. The van der Waals surface area contributed by atoms with Crippen molar-refractivity contribution in [2.24, 2.45) is 0 Å². The number of aliphatic hydroxyl groups excluding tert-OH is 1. The summed E-state index contributed by atoms with van der Waals surface area (Å²) in [7, 11) is 0. The van der Waals surface area contributed by atoms with Crippen LogP contribution >= 0.6 is 0 Å². The number of carbonyl (C=O) groups excluding carboxylic acids is 1. The summed E-state index contributed by atoms with van der Waals surface area (Å²) in [6.07, 6.45) is 7.63. The molecule has 1 N–H and O–H groups in total. The molecule has 0 saturated carbocycles. The molecule has 0 bridgehead atoms. The van der Waals surface area contributed by atoms with Crippen molar-refractivity contribution in [1.29, 1.82) is 0 Å². The first kappa shape index (κ1) is 21.7. The van der Waals surface area contributed by atoms with Crippen LogP contribution in [0.5, 0.6) is 0 Å². The quantitative estimate of drug-likeness (QED) is 0.354. The van der Waals surface area contributed by atoms with Crippen LogP contribution in [-0.2, 0) is 14.3 Å². The molecule has 1 atom stereocenters. The molecule has 122 valence electrons. The van der Waals surface area contributed by atoms with E-state index in [-0.39, 0.29) is 0 Å². The lowest BCUT2D eigenvalue weighted by Gasteiger charge is -2.09. The summed E-state index contributed by atoms with van der Waals surface area (Å²) in [5.41, 5.74) is 0. The van der Waals surface area contributed by atoms with Crippen molar-refractivity contribution in [3.05, 3.63) is 0 Å². The smallest absolute Gasteiger partial charge is 0.304 e. The zero-order chi connectivity index (χ0) is 15.6. The monoisotopic (exact) mass is 290 g/mol. The van der Waals surface area contributed by atoms with E-state index >= 15 is 0 Å². The molecule has 0 aliphatic rings. The van der Waals surface area contributed by atoms with Gasteiger partial charge in [-0.05, 0) is 19.3 Å². The molecule has 0 saturated heterocycles. The minimum Gasteiger partial charge on any atom is -0.436 e. The fourth-order valence-electron chi connectivity index (χ4n) is 1.41. The third-order valence-corrected chi connectivity index (χ3v) is 2.64. The van der Waals surface area contributed by atoms with Gasteiger partial charge < -0.3 is 14.6 Å². The number of carbonyl (C=O) groups is 1. The third-order valence-electron chi connectivity index (χ3n) is 2.64. The minimum absolute atomic E-state index is 0.422. The summed E-state index contributed by atoms with van der Waals surface area (Å²) in [6.45, 7) is 9.65. The van der Waals surface area contributed by atoms with Gasteiger partial charge in [0.05, 0.1) is 0 Å². The second kappa shape index (κ2) is 18.4. The average Bonchev–Trinajstić information content (AvgIpc) is 2.39. The summed E-state index contributed by atoms with van der Waals surface area (Å²) in [6, 6.07) is 0. The predicted molar refractivity (Wildman–Crippen MR) is 82.5 cm³/mol. The standard InChI is InChI=1S/C8H16O3.C8H18O/c1-3-4-5-6-8(10)11-7(2)9;1-3-5-7-9-8-6-4-2/h8,10H,3-6H2,1-2H3;3-8H2,1-2H3. The van der Waals surface area contributed by atoms with E-state index in [1.54, 1.807) is 0 Å². The fourth-order valence-corrected chi connectivity index (χ4v) is 1.41. The molecule has 0 aromatic rings. The lowest BCUT2D eigenvalue weighted by atomic mass is 10.2. The first-order valence-corrected chi connectivity index (χ1v) is 8.01. The number of esters is 1. The van der Waals surface area contributed by atoms with E-state index in [1.807, 2.05) is 0 Å². The zero-order valence-corrected chi connectivity index (χ0v) is 13.8. The molecule has 0 rings (SSSR count). The van der Waals surface area contributed by atoms with Crippen LogP contribution in [0.2, 0.25) is 0 Å². The Hall–Kier alpha value is -0.610. The highest BCUT2D eigenvalue weighted by atomic mass is 16.6. The van der Waals surface area contributed by atoms with Crippen molar-refractivity contribution in [3.63, 3.8) is 0 Å². The molecule has 0 aromatic carbocycles. The highest BCUT2D eigenvalue weighted by Gasteiger charge is 2.05. The van der Waals surface area contributed by atoms with Crippen LogP contribution in [0, 0.1) is 0 Å². The third kappa shape index (κ3) is 22.6. The normalized spacial score (nSPS) is 11.4. The topological polar surface area (TPSA) is 55.8 Å². The maximum absolute atomic E-state index is 10.3. The van der Waals surface area contributed by atoms with Gasteiger partial charge in [-0.25, -0.2) is 0 Å². The SMILES string of the molecule is CCCCCC(O)OC(C)=O.CCCCOCCCC. The van der Waals surface area contributed by atoms with Crippen LogP contribution in [0.25, 0.3) is 0 Å². The minimum atomic E-state index is -0.904. The molecule has 0 amide bonds. The first-order chi connectivity index (χ1) is 9.58. The van der Waals surface area contributed by atoms with Gasteiger partial charge in [0.2, 0.25) is 6.29 Å². The summed E-state index contributed by atoms with van der Waals surface area (Å²) >= 11 is 0. The Labute approximate surface area is 124 Å². The van der Waals surface area contributed by atoms with Gasteiger partial charge in [-0.2, -0.15) is 0 Å². The largest absolute Gasteiger partial charge is 0.436 e. The second-order valence-electron chi connectivity index (χ2n) is 4.88. The summed E-state index contributed by atoms with van der Waals surface area (Å²) in [4.78, 5) is 10.3. The van der Waals surface area contributed by atoms with E-state index in [2.05, 4.69) is 25.5 Å². The molecule has 0 fully saturated rings. The van der Waals surface area contributed by atoms with E-state index in [9.17, 15) is 4.79 Å². The van der Waals surface area contributed by atoms with Gasteiger partial charge in [0.1, 0.15) is 0 Å². The molecule has 0 radical (unpaired) electrons. The Morgan fingerprint density at radius 3 is 1.85 bits per heavy atom. The van der Waals surface area contributed by atoms with Gasteiger partial charge >= 0.3 is 5.97 Å². The van der Waals surface area contributed by atoms with Gasteiger partial charge in [-0.15, -0.1) is 0 Å². The van der Waals surface area contributed by atoms with Crippen LogP contribution in [-0.4, -0.2) is 30.6 Å². The molecule has 20 heavy (non-hydrogen) atoms. The number of aliphatic hydroxyl groups is 1. The van der Waals surface area contributed by atoms with Gasteiger partial charge in [-0.1, -0.05) is 46.5 Å². The van der Waals surface area contributed by atoms with Gasteiger partial charge in [0, 0.05) is 26.6 Å². The first-order valence-electron chi connectivity index (χ1n) is 8.01.